The molecule has 4 nitrogen and oxygen atoms in total. The van der Waals surface area contributed by atoms with Crippen molar-refractivity contribution >= 4 is 0 Å². The second-order valence-electron chi connectivity index (χ2n) is 14.4. The fourth-order valence-electron chi connectivity index (χ4n) is 5.71. The Kier molecular flexibility index (Phi) is 13.9. The molecular formula is C34H48F12O4. The molecule has 0 spiro atoms. The highest BCUT2D eigenvalue weighted by atomic mass is 19.4. The fraction of sp³-hybridized carbons (Fsp3) is 0.824. The summed E-state index contributed by atoms with van der Waals surface area (Å²) in [7, 11) is 0. The average Bonchev–Trinajstić information content (AvgIpc) is 2.97. The number of ether oxygens (including phenoxy) is 4. The Labute approximate surface area is 285 Å². The molecule has 0 heterocycles. The van der Waals surface area contributed by atoms with Gasteiger partial charge in [0.25, 0.3) is 11.2 Å². The molecule has 1 saturated carbocycles. The summed E-state index contributed by atoms with van der Waals surface area (Å²) in [4.78, 5) is 0. The lowest BCUT2D eigenvalue weighted by Gasteiger charge is -2.44. The van der Waals surface area contributed by atoms with E-state index in [2.05, 4.69) is 4.74 Å². The summed E-state index contributed by atoms with van der Waals surface area (Å²) in [6, 6.07) is -0.434. The molecule has 1 aromatic rings. The van der Waals surface area contributed by atoms with Gasteiger partial charge in [0.2, 0.25) is 0 Å². The van der Waals surface area contributed by atoms with Crippen LogP contribution in [0.15, 0.2) is 24.3 Å². The Morgan fingerprint density at radius 3 is 1.24 bits per heavy atom. The molecule has 2 rings (SSSR count). The van der Waals surface area contributed by atoms with Gasteiger partial charge in [-0.2, -0.15) is 52.7 Å². The standard InChI is InChI=1S/C34H48F12O4/c1-9-28(8,10-2)50-30(33(41,42)43,34(44,45)46)26-17-15-25(16-18-26)29(31(35,36)37,32(38,39)40)49-22(4)48-20-24-13-11-23(12-14-24)19-47-21(3)27(5,6)7/h15-18,21-24H,9-14,19-20H2,1-8H3. The lowest BCUT2D eigenvalue weighted by Crippen LogP contribution is -2.59. The van der Waals surface area contributed by atoms with Crippen LogP contribution in [0.1, 0.15) is 105 Å². The summed E-state index contributed by atoms with van der Waals surface area (Å²) < 4.78 is 194. The molecule has 0 amide bonds. The first-order valence-electron chi connectivity index (χ1n) is 16.5. The summed E-state index contributed by atoms with van der Waals surface area (Å²) in [5.41, 5.74) is -15.9. The maximum absolute atomic E-state index is 14.5. The number of hydrogen-bond donors (Lipinski definition) is 0. The lowest BCUT2D eigenvalue weighted by atomic mass is 9.82. The van der Waals surface area contributed by atoms with Crippen molar-refractivity contribution in [2.24, 2.45) is 17.3 Å². The van der Waals surface area contributed by atoms with Gasteiger partial charge in [-0.25, -0.2) is 0 Å². The highest BCUT2D eigenvalue weighted by Gasteiger charge is 2.76. The Hall–Kier alpha value is -1.78. The van der Waals surface area contributed by atoms with Gasteiger partial charge < -0.3 is 18.9 Å². The van der Waals surface area contributed by atoms with Crippen LogP contribution in [0.2, 0.25) is 0 Å². The number of alkyl halides is 12. The quantitative estimate of drug-likeness (QED) is 0.140. The Morgan fingerprint density at radius 1 is 0.580 bits per heavy atom. The molecule has 1 aromatic carbocycles. The second-order valence-corrected chi connectivity index (χ2v) is 14.4. The Morgan fingerprint density at radius 2 is 0.920 bits per heavy atom. The Bertz CT molecular complexity index is 1160. The summed E-state index contributed by atoms with van der Waals surface area (Å²) >= 11 is 0. The monoisotopic (exact) mass is 748 g/mol. The minimum atomic E-state index is -6.28. The van der Waals surface area contributed by atoms with Crippen LogP contribution in [0.25, 0.3) is 0 Å². The molecule has 0 N–H and O–H groups in total. The van der Waals surface area contributed by atoms with E-state index in [0.717, 1.165) is 13.8 Å². The average molecular weight is 749 g/mol. The van der Waals surface area contributed by atoms with E-state index >= 15 is 0 Å². The molecule has 2 unspecified atom stereocenters. The topological polar surface area (TPSA) is 36.9 Å². The van der Waals surface area contributed by atoms with Crippen molar-refractivity contribution in [1.29, 1.82) is 0 Å². The van der Waals surface area contributed by atoms with Crippen molar-refractivity contribution < 1.29 is 71.6 Å². The van der Waals surface area contributed by atoms with Crippen molar-refractivity contribution in [3.8, 4) is 0 Å². The first-order valence-corrected chi connectivity index (χ1v) is 16.5. The zero-order valence-electron chi connectivity index (χ0n) is 29.4. The van der Waals surface area contributed by atoms with Gasteiger partial charge in [-0.05, 0) is 76.5 Å². The summed E-state index contributed by atoms with van der Waals surface area (Å²) in [5, 5.41) is 0. The molecule has 16 heteroatoms. The van der Waals surface area contributed by atoms with Crippen LogP contribution in [-0.4, -0.2) is 55.9 Å². The third-order valence-corrected chi connectivity index (χ3v) is 9.87. The molecule has 0 aliphatic heterocycles. The molecule has 0 saturated heterocycles. The minimum absolute atomic E-state index is 0.0108. The fourth-order valence-corrected chi connectivity index (χ4v) is 5.71. The third-order valence-electron chi connectivity index (χ3n) is 9.87. The summed E-state index contributed by atoms with van der Waals surface area (Å²) in [6.45, 7) is 12.6. The van der Waals surface area contributed by atoms with E-state index in [1.54, 1.807) is 0 Å². The van der Waals surface area contributed by atoms with Crippen LogP contribution in [0.5, 0.6) is 0 Å². The highest BCUT2D eigenvalue weighted by Crippen LogP contribution is 2.57. The van der Waals surface area contributed by atoms with Gasteiger partial charge in [-0.15, -0.1) is 0 Å². The van der Waals surface area contributed by atoms with Crippen LogP contribution >= 0.6 is 0 Å². The van der Waals surface area contributed by atoms with Crippen LogP contribution < -0.4 is 0 Å². The van der Waals surface area contributed by atoms with Gasteiger partial charge in [-0.1, -0.05) is 58.9 Å². The van der Waals surface area contributed by atoms with Crippen molar-refractivity contribution in [1.82, 2.24) is 0 Å². The van der Waals surface area contributed by atoms with E-state index < -0.39 is 58.9 Å². The molecule has 0 bridgehead atoms. The largest absolute Gasteiger partial charge is 0.430 e. The Balaban J connectivity index is 2.39. The van der Waals surface area contributed by atoms with Gasteiger partial charge in [0.05, 0.1) is 18.3 Å². The van der Waals surface area contributed by atoms with Crippen LogP contribution in [0.4, 0.5) is 52.7 Å². The SMILES string of the molecule is CCC(C)(CC)OC(c1ccc(C(OC(C)OCC2CCC(COC(C)C(C)(C)C)CC2)(C(F)(F)F)C(F)(F)F)cc1)(C(F)(F)F)C(F)(F)F. The van der Waals surface area contributed by atoms with Gasteiger partial charge in [-0.3, -0.25) is 0 Å². The van der Waals surface area contributed by atoms with E-state index in [9.17, 15) is 52.7 Å². The molecule has 292 valence electrons. The lowest BCUT2D eigenvalue weighted by molar-refractivity contribution is -0.416. The van der Waals surface area contributed by atoms with E-state index in [1.165, 1.54) is 13.8 Å². The highest BCUT2D eigenvalue weighted by molar-refractivity contribution is 5.35. The first kappa shape index (κ1) is 44.4. The van der Waals surface area contributed by atoms with Crippen molar-refractivity contribution in [3.63, 3.8) is 0 Å². The molecule has 0 aromatic heterocycles. The van der Waals surface area contributed by atoms with Crippen LogP contribution in [-0.2, 0) is 30.1 Å². The van der Waals surface area contributed by atoms with Crippen molar-refractivity contribution in [3.05, 3.63) is 35.4 Å². The maximum Gasteiger partial charge on any atom is 0.430 e. The number of benzene rings is 1. The van der Waals surface area contributed by atoms with E-state index in [1.807, 2.05) is 27.7 Å². The predicted octanol–water partition coefficient (Wildman–Crippen LogP) is 11.6. The van der Waals surface area contributed by atoms with E-state index in [-0.39, 0.29) is 67.1 Å². The summed E-state index contributed by atoms with van der Waals surface area (Å²) in [5.74, 6) is 0.00454. The predicted molar refractivity (Wildman–Crippen MR) is 161 cm³/mol. The van der Waals surface area contributed by atoms with E-state index in [0.29, 0.717) is 32.3 Å². The zero-order valence-corrected chi connectivity index (χ0v) is 29.4. The maximum atomic E-state index is 14.5. The molecular weight excluding hydrogens is 700 g/mol. The number of rotatable bonds is 14. The van der Waals surface area contributed by atoms with Crippen molar-refractivity contribution in [2.45, 2.75) is 148 Å². The van der Waals surface area contributed by atoms with Gasteiger partial charge in [0.1, 0.15) is 0 Å². The zero-order chi connectivity index (χ0) is 38.8. The normalized spacial score (nSPS) is 20.6. The van der Waals surface area contributed by atoms with E-state index in [4.69, 9.17) is 14.2 Å². The van der Waals surface area contributed by atoms with Crippen LogP contribution in [0, 0.1) is 17.3 Å². The van der Waals surface area contributed by atoms with Gasteiger partial charge in [0, 0.05) is 17.7 Å². The molecule has 0 radical (unpaired) electrons. The number of hydrogen-bond acceptors (Lipinski definition) is 4. The minimum Gasteiger partial charge on any atom is -0.378 e. The van der Waals surface area contributed by atoms with Gasteiger partial charge >= 0.3 is 24.7 Å². The smallest absolute Gasteiger partial charge is 0.378 e. The molecule has 1 aliphatic rings. The van der Waals surface area contributed by atoms with Crippen LogP contribution in [0.3, 0.4) is 0 Å². The van der Waals surface area contributed by atoms with Gasteiger partial charge in [0.15, 0.2) is 6.29 Å². The molecule has 1 aliphatic carbocycles. The molecule has 50 heavy (non-hydrogen) atoms. The first-order chi connectivity index (χ1) is 22.5. The molecule has 2 atom stereocenters. The number of halogens is 12. The summed E-state index contributed by atoms with van der Waals surface area (Å²) in [6.07, 6.45) is -25.3. The van der Waals surface area contributed by atoms with Crippen molar-refractivity contribution in [2.75, 3.05) is 13.2 Å². The molecule has 1 fully saturated rings. The second kappa shape index (κ2) is 15.7. The third kappa shape index (κ3) is 9.60.